The molecule has 0 radical (unpaired) electrons. The molecule has 0 saturated carbocycles. The molecule has 0 spiro atoms. The van der Waals surface area contributed by atoms with E-state index in [0.717, 1.165) is 17.7 Å². The van der Waals surface area contributed by atoms with Crippen molar-refractivity contribution in [3.8, 4) is 11.3 Å². The number of nitrogens with one attached hydrogen (secondary N) is 1. The second-order valence-electron chi connectivity index (χ2n) is 8.36. The minimum absolute atomic E-state index is 0.0604. The lowest BCUT2D eigenvalue weighted by Gasteiger charge is -2.19. The quantitative estimate of drug-likeness (QED) is 0.458. The summed E-state index contributed by atoms with van der Waals surface area (Å²) in [6, 6.07) is 12.0. The summed E-state index contributed by atoms with van der Waals surface area (Å²) < 4.78 is 32.0. The highest BCUT2D eigenvalue weighted by Crippen LogP contribution is 2.29. The molecule has 162 valence electrons. The number of fused-ring (bicyclic) bond motifs is 1. The van der Waals surface area contributed by atoms with Crippen molar-refractivity contribution in [2.75, 3.05) is 4.72 Å². The first-order valence-corrected chi connectivity index (χ1v) is 11.8. The van der Waals surface area contributed by atoms with Crippen molar-refractivity contribution >= 4 is 33.0 Å². The molecule has 4 rings (SSSR count). The van der Waals surface area contributed by atoms with E-state index in [2.05, 4.69) is 35.7 Å². The molecule has 0 aliphatic carbocycles. The molecule has 7 nitrogen and oxygen atoms in total. The molecule has 0 fully saturated rings. The molecule has 3 heterocycles. The van der Waals surface area contributed by atoms with Gasteiger partial charge in [-0.15, -0.1) is 0 Å². The number of aromatic nitrogens is 4. The van der Waals surface area contributed by atoms with Gasteiger partial charge in [-0.05, 0) is 48.2 Å². The Hall–Kier alpha value is -2.84. The monoisotopic (exact) mass is 457 g/mol. The first-order chi connectivity index (χ1) is 14.6. The van der Waals surface area contributed by atoms with Gasteiger partial charge in [0.15, 0.2) is 0 Å². The Labute approximate surface area is 186 Å². The van der Waals surface area contributed by atoms with Crippen LogP contribution in [0.2, 0.25) is 5.02 Å². The smallest absolute Gasteiger partial charge is 0.263 e. The number of sulfonamides is 1. The maximum atomic E-state index is 13.0. The van der Waals surface area contributed by atoms with Crippen LogP contribution < -0.4 is 4.72 Å². The number of halogens is 1. The Morgan fingerprint density at radius 1 is 1.10 bits per heavy atom. The summed E-state index contributed by atoms with van der Waals surface area (Å²) in [5, 5.41) is 9.31. The van der Waals surface area contributed by atoms with Gasteiger partial charge in [0.1, 0.15) is 5.82 Å². The van der Waals surface area contributed by atoms with Crippen LogP contribution >= 0.6 is 11.6 Å². The van der Waals surface area contributed by atoms with Gasteiger partial charge in [-0.25, -0.2) is 12.9 Å². The molecule has 0 amide bonds. The van der Waals surface area contributed by atoms with Crippen molar-refractivity contribution in [2.45, 2.75) is 44.6 Å². The normalized spacial score (nSPS) is 12.4. The van der Waals surface area contributed by atoms with Gasteiger partial charge in [0.05, 0.1) is 27.3 Å². The van der Waals surface area contributed by atoms with Crippen LogP contribution in [0.15, 0.2) is 59.8 Å². The number of hydrogen-bond acceptors (Lipinski definition) is 4. The molecule has 0 atom stereocenters. The van der Waals surface area contributed by atoms with Gasteiger partial charge >= 0.3 is 0 Å². The number of anilines is 1. The van der Waals surface area contributed by atoms with Crippen molar-refractivity contribution in [3.63, 3.8) is 0 Å². The van der Waals surface area contributed by atoms with Gasteiger partial charge in [-0.2, -0.15) is 10.2 Å². The molecule has 3 aromatic heterocycles. The molecule has 9 heteroatoms. The van der Waals surface area contributed by atoms with Crippen LogP contribution in [0, 0.1) is 0 Å². The number of nitrogens with zero attached hydrogens (tertiary/aromatic N) is 4. The Morgan fingerprint density at radius 3 is 2.42 bits per heavy atom. The van der Waals surface area contributed by atoms with Gasteiger partial charge in [0.25, 0.3) is 10.0 Å². The predicted molar refractivity (Wildman–Crippen MR) is 123 cm³/mol. The standard InChI is InChI=1S/C22H24ClN5O2S/c1-5-27-14-15(13-24-27)19-12-20-18(23)10-11-21(28(20)25-19)26-31(29,30)17-8-6-16(7-9-17)22(2,3)4/h6-14,26H,5H2,1-4H3. The zero-order valence-electron chi connectivity index (χ0n) is 17.8. The summed E-state index contributed by atoms with van der Waals surface area (Å²) in [4.78, 5) is 0.181. The lowest BCUT2D eigenvalue weighted by Crippen LogP contribution is -2.16. The molecule has 0 saturated heterocycles. The summed E-state index contributed by atoms with van der Waals surface area (Å²) in [5.41, 5.74) is 3.08. The van der Waals surface area contributed by atoms with E-state index >= 15 is 0 Å². The highest BCUT2D eigenvalue weighted by molar-refractivity contribution is 7.92. The number of aryl methyl sites for hydroxylation is 1. The lowest BCUT2D eigenvalue weighted by atomic mass is 9.87. The molecule has 0 aliphatic heterocycles. The summed E-state index contributed by atoms with van der Waals surface area (Å²) in [7, 11) is -3.81. The molecule has 0 aliphatic rings. The number of pyridine rings is 1. The minimum Gasteiger partial charge on any atom is -0.272 e. The first kappa shape index (κ1) is 21.4. The van der Waals surface area contributed by atoms with E-state index in [9.17, 15) is 8.42 Å². The average molecular weight is 458 g/mol. The highest BCUT2D eigenvalue weighted by Gasteiger charge is 2.20. The predicted octanol–water partition coefficient (Wildman–Crippen LogP) is 4.97. The molecule has 1 N–H and O–H groups in total. The maximum absolute atomic E-state index is 13.0. The molecule has 31 heavy (non-hydrogen) atoms. The fourth-order valence-electron chi connectivity index (χ4n) is 3.26. The van der Waals surface area contributed by atoms with E-state index in [-0.39, 0.29) is 10.3 Å². The second-order valence-corrected chi connectivity index (χ2v) is 10.4. The largest absolute Gasteiger partial charge is 0.272 e. The van der Waals surface area contributed by atoms with E-state index < -0.39 is 10.0 Å². The van der Waals surface area contributed by atoms with Gasteiger partial charge < -0.3 is 0 Å². The van der Waals surface area contributed by atoms with Gasteiger partial charge in [-0.1, -0.05) is 44.5 Å². The van der Waals surface area contributed by atoms with E-state index in [1.165, 1.54) is 4.52 Å². The lowest BCUT2D eigenvalue weighted by molar-refractivity contribution is 0.587. The molecule has 0 unspecified atom stereocenters. The third kappa shape index (κ3) is 4.18. The van der Waals surface area contributed by atoms with Crippen LogP contribution in [-0.2, 0) is 22.0 Å². The Morgan fingerprint density at radius 2 is 1.81 bits per heavy atom. The van der Waals surface area contributed by atoms with Crippen LogP contribution in [0.1, 0.15) is 33.3 Å². The summed E-state index contributed by atoms with van der Waals surface area (Å²) in [6.45, 7) is 8.99. The van der Waals surface area contributed by atoms with Gasteiger partial charge in [0, 0.05) is 18.3 Å². The average Bonchev–Trinajstić information content (AvgIpc) is 3.37. The van der Waals surface area contributed by atoms with Crippen molar-refractivity contribution in [1.29, 1.82) is 0 Å². The second kappa shape index (κ2) is 7.69. The van der Waals surface area contributed by atoms with E-state index in [1.54, 1.807) is 35.1 Å². The third-order valence-corrected chi connectivity index (χ3v) is 6.78. The van der Waals surface area contributed by atoms with Crippen molar-refractivity contribution < 1.29 is 8.42 Å². The highest BCUT2D eigenvalue weighted by atomic mass is 35.5. The molecule has 4 aromatic rings. The van der Waals surface area contributed by atoms with Crippen molar-refractivity contribution in [2.24, 2.45) is 0 Å². The first-order valence-electron chi connectivity index (χ1n) is 9.93. The number of benzene rings is 1. The summed E-state index contributed by atoms with van der Waals surface area (Å²) >= 11 is 6.35. The fraction of sp³-hybridized carbons (Fsp3) is 0.273. The Balaban J connectivity index is 1.71. The Bertz CT molecular complexity index is 1350. The minimum atomic E-state index is -3.81. The van der Waals surface area contributed by atoms with Crippen LogP contribution in [0.5, 0.6) is 0 Å². The van der Waals surface area contributed by atoms with Gasteiger partial charge in [-0.3, -0.25) is 9.40 Å². The molecule has 1 aromatic carbocycles. The SMILES string of the molecule is CCn1cc(-c2cc3c(Cl)ccc(NS(=O)(=O)c4ccc(C(C)(C)C)cc4)n3n2)cn1. The van der Waals surface area contributed by atoms with Crippen LogP contribution in [0.3, 0.4) is 0 Å². The molecule has 0 bridgehead atoms. The van der Waals surface area contributed by atoms with Crippen molar-refractivity contribution in [1.82, 2.24) is 19.4 Å². The van der Waals surface area contributed by atoms with E-state index in [0.29, 0.717) is 22.1 Å². The van der Waals surface area contributed by atoms with Crippen LogP contribution in [0.25, 0.3) is 16.8 Å². The fourth-order valence-corrected chi connectivity index (χ4v) is 4.50. The Kier molecular flexibility index (Phi) is 5.31. The number of hydrogen-bond donors (Lipinski definition) is 1. The summed E-state index contributed by atoms with van der Waals surface area (Å²) in [5.74, 6) is 0.299. The molecular formula is C22H24ClN5O2S. The maximum Gasteiger partial charge on any atom is 0.263 e. The topological polar surface area (TPSA) is 81.3 Å². The summed E-state index contributed by atoms with van der Waals surface area (Å²) in [6.07, 6.45) is 3.61. The van der Waals surface area contributed by atoms with Gasteiger partial charge in [0.2, 0.25) is 0 Å². The van der Waals surface area contributed by atoms with Crippen LogP contribution in [-0.4, -0.2) is 27.8 Å². The zero-order valence-corrected chi connectivity index (χ0v) is 19.4. The number of rotatable bonds is 5. The zero-order chi connectivity index (χ0) is 22.4. The van der Waals surface area contributed by atoms with Crippen molar-refractivity contribution in [3.05, 3.63) is 65.4 Å². The molecular weight excluding hydrogens is 434 g/mol. The van der Waals surface area contributed by atoms with Crippen LogP contribution in [0.4, 0.5) is 5.82 Å². The van der Waals surface area contributed by atoms with E-state index in [1.807, 2.05) is 31.3 Å². The third-order valence-electron chi connectivity index (χ3n) is 5.09. The van der Waals surface area contributed by atoms with E-state index in [4.69, 9.17) is 11.6 Å².